The Bertz CT molecular complexity index is 767. The maximum absolute atomic E-state index is 11.8. The van der Waals surface area contributed by atoms with E-state index in [1.54, 1.807) is 0 Å². The average molecular weight is 412 g/mol. The summed E-state index contributed by atoms with van der Waals surface area (Å²) in [5.41, 5.74) is 9.40. The number of primary amides is 1. The Morgan fingerprint density at radius 2 is 2.00 bits per heavy atom. The highest BCUT2D eigenvalue weighted by atomic mass is 127. The van der Waals surface area contributed by atoms with Crippen LogP contribution in [0.3, 0.4) is 0 Å². The van der Waals surface area contributed by atoms with Gasteiger partial charge < -0.3 is 11.1 Å². The normalized spacial score (nSPS) is 12.5. The fourth-order valence-corrected chi connectivity index (χ4v) is 4.83. The maximum atomic E-state index is 11.8. The molecule has 1 aliphatic carbocycles. The smallest absolute Gasteiger partial charge is 0.252 e. The Hall–Kier alpha value is -1.41. The van der Waals surface area contributed by atoms with Crippen LogP contribution in [0.4, 0.5) is 5.00 Å². The standard InChI is InChI=1S/C15H13IN2O2S/c1-7(19)18-15-12(14(17)20)10-6-5-8-9(13(10)21-15)3-2-4-11(8)16/h2-4H,5-6H2,1H3,(H2,17,20)(H,18,19). The van der Waals surface area contributed by atoms with Gasteiger partial charge in [-0.2, -0.15) is 0 Å². The van der Waals surface area contributed by atoms with Gasteiger partial charge in [-0.25, -0.2) is 0 Å². The molecule has 6 heteroatoms. The fraction of sp³-hybridized carbons (Fsp3) is 0.200. The molecule has 0 fully saturated rings. The number of nitrogens with one attached hydrogen (secondary N) is 1. The van der Waals surface area contributed by atoms with Crippen molar-refractivity contribution >= 4 is 50.7 Å². The molecule has 0 aliphatic heterocycles. The van der Waals surface area contributed by atoms with Gasteiger partial charge in [-0.1, -0.05) is 12.1 Å². The molecule has 0 unspecified atom stereocenters. The zero-order chi connectivity index (χ0) is 15.1. The maximum Gasteiger partial charge on any atom is 0.252 e. The highest BCUT2D eigenvalue weighted by Crippen LogP contribution is 2.45. The van der Waals surface area contributed by atoms with Crippen molar-refractivity contribution in [1.82, 2.24) is 0 Å². The van der Waals surface area contributed by atoms with Crippen molar-refractivity contribution in [2.24, 2.45) is 5.73 Å². The number of amides is 2. The minimum absolute atomic E-state index is 0.195. The molecule has 3 rings (SSSR count). The van der Waals surface area contributed by atoms with Crippen molar-refractivity contribution in [2.45, 2.75) is 19.8 Å². The topological polar surface area (TPSA) is 72.2 Å². The van der Waals surface area contributed by atoms with Crippen LogP contribution in [0, 0.1) is 3.57 Å². The van der Waals surface area contributed by atoms with E-state index in [1.807, 2.05) is 6.07 Å². The van der Waals surface area contributed by atoms with Crippen molar-refractivity contribution in [3.05, 3.63) is 38.5 Å². The van der Waals surface area contributed by atoms with Gasteiger partial charge in [0.25, 0.3) is 5.91 Å². The molecule has 0 bridgehead atoms. The van der Waals surface area contributed by atoms with Gasteiger partial charge in [-0.3, -0.25) is 9.59 Å². The summed E-state index contributed by atoms with van der Waals surface area (Å²) in [6.07, 6.45) is 1.66. The summed E-state index contributed by atoms with van der Waals surface area (Å²) in [7, 11) is 0. The van der Waals surface area contributed by atoms with Crippen LogP contribution < -0.4 is 11.1 Å². The Labute approximate surface area is 139 Å². The summed E-state index contributed by atoms with van der Waals surface area (Å²) in [5, 5.41) is 3.30. The van der Waals surface area contributed by atoms with Gasteiger partial charge in [0.05, 0.1) is 5.56 Å². The Balaban J connectivity index is 2.23. The number of nitrogens with two attached hydrogens (primary N) is 1. The molecule has 1 heterocycles. The Morgan fingerprint density at radius 3 is 2.67 bits per heavy atom. The van der Waals surface area contributed by atoms with Crippen molar-refractivity contribution in [3.8, 4) is 10.4 Å². The summed E-state index contributed by atoms with van der Waals surface area (Å²) in [5.74, 6) is -0.677. The molecule has 0 spiro atoms. The second-order valence-corrected chi connectivity index (χ2v) is 7.11. The van der Waals surface area contributed by atoms with Crippen molar-refractivity contribution in [1.29, 1.82) is 0 Å². The first-order valence-corrected chi connectivity index (χ1v) is 8.39. The van der Waals surface area contributed by atoms with Gasteiger partial charge in [-0.05, 0) is 58.2 Å². The van der Waals surface area contributed by atoms with Crippen LogP contribution in [0.2, 0.25) is 0 Å². The molecule has 2 amide bonds. The minimum atomic E-state index is -0.481. The molecule has 0 saturated heterocycles. The number of halogens is 1. The van der Waals surface area contributed by atoms with E-state index in [0.29, 0.717) is 10.6 Å². The molecule has 1 aromatic heterocycles. The summed E-state index contributed by atoms with van der Waals surface area (Å²) in [4.78, 5) is 24.2. The third kappa shape index (κ3) is 2.46. The zero-order valence-corrected chi connectivity index (χ0v) is 14.3. The third-order valence-electron chi connectivity index (χ3n) is 3.53. The van der Waals surface area contributed by atoms with Crippen LogP contribution in [-0.4, -0.2) is 11.8 Å². The van der Waals surface area contributed by atoms with Crippen LogP contribution in [-0.2, 0) is 17.6 Å². The summed E-state index contributed by atoms with van der Waals surface area (Å²) >= 11 is 3.77. The van der Waals surface area contributed by atoms with Gasteiger partial charge in [0.1, 0.15) is 5.00 Å². The third-order valence-corrected chi connectivity index (χ3v) is 5.72. The average Bonchev–Trinajstić information content (AvgIpc) is 2.76. The molecule has 4 nitrogen and oxygen atoms in total. The first-order chi connectivity index (χ1) is 9.99. The summed E-state index contributed by atoms with van der Waals surface area (Å²) in [6.45, 7) is 1.43. The second kappa shape index (κ2) is 5.42. The SMILES string of the molecule is CC(=O)Nc1sc2c(c1C(N)=O)CCc1c(I)cccc1-2. The second-order valence-electron chi connectivity index (χ2n) is 4.93. The number of fused-ring (bicyclic) bond motifs is 3. The van der Waals surface area contributed by atoms with Gasteiger partial charge >= 0.3 is 0 Å². The van der Waals surface area contributed by atoms with E-state index in [9.17, 15) is 9.59 Å². The summed E-state index contributed by atoms with van der Waals surface area (Å²) < 4.78 is 1.23. The lowest BCUT2D eigenvalue weighted by Gasteiger charge is -2.18. The number of rotatable bonds is 2. The predicted molar refractivity (Wildman–Crippen MR) is 92.7 cm³/mol. The molecular weight excluding hydrogens is 399 g/mol. The molecule has 3 N–H and O–H groups in total. The van der Waals surface area contributed by atoms with Crippen LogP contribution >= 0.6 is 33.9 Å². The first-order valence-electron chi connectivity index (χ1n) is 6.50. The van der Waals surface area contributed by atoms with Gasteiger partial charge in [0.15, 0.2) is 0 Å². The van der Waals surface area contributed by atoms with E-state index in [-0.39, 0.29) is 5.91 Å². The molecule has 1 aromatic carbocycles. The predicted octanol–water partition coefficient (Wildman–Crippen LogP) is 3.18. The molecule has 0 saturated carbocycles. The number of carbonyl (C=O) groups excluding carboxylic acids is 2. The van der Waals surface area contributed by atoms with Crippen LogP contribution in [0.1, 0.15) is 28.4 Å². The van der Waals surface area contributed by atoms with Crippen LogP contribution in [0.15, 0.2) is 18.2 Å². The molecule has 108 valence electrons. The van der Waals surface area contributed by atoms with E-state index < -0.39 is 5.91 Å². The molecule has 1 aliphatic rings. The van der Waals surface area contributed by atoms with Gasteiger partial charge in [0, 0.05) is 15.4 Å². The van der Waals surface area contributed by atoms with Gasteiger partial charge in [0.2, 0.25) is 5.91 Å². The monoisotopic (exact) mass is 412 g/mol. The van der Waals surface area contributed by atoms with Crippen molar-refractivity contribution in [3.63, 3.8) is 0 Å². The lowest BCUT2D eigenvalue weighted by atomic mass is 9.89. The molecule has 21 heavy (non-hydrogen) atoms. The number of benzene rings is 1. The largest absolute Gasteiger partial charge is 0.365 e. The lowest BCUT2D eigenvalue weighted by molar-refractivity contribution is -0.114. The highest BCUT2D eigenvalue weighted by Gasteiger charge is 2.28. The molecule has 0 radical (unpaired) electrons. The summed E-state index contributed by atoms with van der Waals surface area (Å²) in [6, 6.07) is 6.16. The van der Waals surface area contributed by atoms with Crippen LogP contribution in [0.5, 0.6) is 0 Å². The van der Waals surface area contributed by atoms with E-state index in [2.05, 4.69) is 40.0 Å². The first kappa shape index (κ1) is 14.5. The Morgan fingerprint density at radius 1 is 1.29 bits per heavy atom. The minimum Gasteiger partial charge on any atom is -0.365 e. The number of hydrogen-bond acceptors (Lipinski definition) is 3. The molecular formula is C15H13IN2O2S. The van der Waals surface area contributed by atoms with E-state index in [1.165, 1.54) is 27.4 Å². The number of hydrogen-bond donors (Lipinski definition) is 2. The van der Waals surface area contributed by atoms with Crippen LogP contribution in [0.25, 0.3) is 10.4 Å². The fourth-order valence-electron chi connectivity index (χ4n) is 2.71. The molecule has 0 atom stereocenters. The van der Waals surface area contributed by atoms with E-state index >= 15 is 0 Å². The number of carbonyl (C=O) groups is 2. The Kier molecular flexibility index (Phi) is 3.75. The highest BCUT2D eigenvalue weighted by molar-refractivity contribution is 14.1. The van der Waals surface area contributed by atoms with Crippen molar-refractivity contribution in [2.75, 3.05) is 5.32 Å². The van der Waals surface area contributed by atoms with Crippen molar-refractivity contribution < 1.29 is 9.59 Å². The lowest BCUT2D eigenvalue weighted by Crippen LogP contribution is -2.17. The quantitative estimate of drug-likeness (QED) is 0.744. The molecule has 2 aromatic rings. The zero-order valence-electron chi connectivity index (χ0n) is 11.3. The van der Waals surface area contributed by atoms with Gasteiger partial charge in [-0.15, -0.1) is 11.3 Å². The number of anilines is 1. The van der Waals surface area contributed by atoms with E-state index in [4.69, 9.17) is 5.73 Å². The number of thiophene rings is 1. The van der Waals surface area contributed by atoms with E-state index in [0.717, 1.165) is 28.8 Å².